The summed E-state index contributed by atoms with van der Waals surface area (Å²) >= 11 is 0. The van der Waals surface area contributed by atoms with E-state index in [1.807, 2.05) is 0 Å². The molecule has 0 aromatic heterocycles. The highest BCUT2D eigenvalue weighted by atomic mass is 31.2. The Morgan fingerprint density at radius 3 is 2.00 bits per heavy atom. The minimum absolute atomic E-state index is 0.0213. The zero-order chi connectivity index (χ0) is 9.94. The molecule has 0 aliphatic heterocycles. The number of rotatable bonds is 9. The van der Waals surface area contributed by atoms with Gasteiger partial charge in [0.15, 0.2) is 8.38 Å². The molecule has 4 nitrogen and oxygen atoms in total. The van der Waals surface area contributed by atoms with Gasteiger partial charge >= 0.3 is 0 Å². The average molecular weight is 210 g/mol. The van der Waals surface area contributed by atoms with Crippen LogP contribution in [0.3, 0.4) is 0 Å². The van der Waals surface area contributed by atoms with Gasteiger partial charge in [-0.05, 0) is 6.42 Å². The fraction of sp³-hybridized carbons (Fsp3) is 1.00. The standard InChI is InChI=1S/C8H19O4P/c1-2-3-8-13(11-6-4-9)12-7-5-10/h9-10H,2-8H2,1H3. The Morgan fingerprint density at radius 2 is 1.62 bits per heavy atom. The molecule has 0 aromatic rings. The van der Waals surface area contributed by atoms with Crippen LogP contribution in [-0.2, 0) is 9.05 Å². The minimum Gasteiger partial charge on any atom is -0.394 e. The summed E-state index contributed by atoms with van der Waals surface area (Å²) in [6.45, 7) is 2.79. The fourth-order valence-corrected chi connectivity index (χ4v) is 2.22. The molecular formula is C8H19O4P. The van der Waals surface area contributed by atoms with Crippen molar-refractivity contribution in [3.05, 3.63) is 0 Å². The molecule has 0 amide bonds. The normalized spacial score (nSPS) is 11.1. The van der Waals surface area contributed by atoms with Crippen molar-refractivity contribution in [2.24, 2.45) is 0 Å². The zero-order valence-corrected chi connectivity index (χ0v) is 9.00. The van der Waals surface area contributed by atoms with Gasteiger partial charge in [-0.2, -0.15) is 0 Å². The lowest BCUT2D eigenvalue weighted by Crippen LogP contribution is -2.02. The number of unbranched alkanes of at least 4 members (excludes halogenated alkanes) is 1. The summed E-state index contributed by atoms with van der Waals surface area (Å²) < 4.78 is 10.6. The van der Waals surface area contributed by atoms with Crippen molar-refractivity contribution >= 4 is 8.38 Å². The summed E-state index contributed by atoms with van der Waals surface area (Å²) in [5, 5.41) is 17.1. The molecule has 0 radical (unpaired) electrons. The van der Waals surface area contributed by atoms with Gasteiger partial charge in [0.2, 0.25) is 0 Å². The molecule has 13 heavy (non-hydrogen) atoms. The maximum Gasteiger partial charge on any atom is 0.170 e. The largest absolute Gasteiger partial charge is 0.394 e. The highest BCUT2D eigenvalue weighted by molar-refractivity contribution is 7.47. The predicted octanol–water partition coefficient (Wildman–Crippen LogP) is 1.12. The highest BCUT2D eigenvalue weighted by Crippen LogP contribution is 2.38. The van der Waals surface area contributed by atoms with E-state index in [9.17, 15) is 0 Å². The maximum absolute atomic E-state index is 8.55. The van der Waals surface area contributed by atoms with Crippen molar-refractivity contribution < 1.29 is 19.3 Å². The molecule has 0 fully saturated rings. The Bertz CT molecular complexity index is 83.1. The predicted molar refractivity (Wildman–Crippen MR) is 52.8 cm³/mol. The molecule has 0 aromatic carbocycles. The first-order valence-electron chi connectivity index (χ1n) is 4.60. The molecule has 0 rings (SSSR count). The highest BCUT2D eigenvalue weighted by Gasteiger charge is 2.08. The van der Waals surface area contributed by atoms with Crippen molar-refractivity contribution in [3.63, 3.8) is 0 Å². The quantitative estimate of drug-likeness (QED) is 0.560. The molecule has 0 heterocycles. The third-order valence-corrected chi connectivity index (χ3v) is 2.97. The summed E-state index contributed by atoms with van der Waals surface area (Å²) in [5.41, 5.74) is 0. The second-order valence-corrected chi connectivity index (χ2v) is 4.15. The molecule has 0 saturated carbocycles. The van der Waals surface area contributed by atoms with Gasteiger partial charge in [-0.15, -0.1) is 0 Å². The van der Waals surface area contributed by atoms with Gasteiger partial charge in [0.05, 0.1) is 26.4 Å². The smallest absolute Gasteiger partial charge is 0.170 e. The van der Waals surface area contributed by atoms with Gasteiger partial charge in [0.1, 0.15) is 0 Å². The van der Waals surface area contributed by atoms with Crippen molar-refractivity contribution in [1.29, 1.82) is 0 Å². The van der Waals surface area contributed by atoms with E-state index in [0.29, 0.717) is 13.2 Å². The Hall–Kier alpha value is 0.270. The molecule has 0 aliphatic rings. The van der Waals surface area contributed by atoms with Gasteiger partial charge < -0.3 is 19.3 Å². The molecule has 0 bridgehead atoms. The molecule has 0 saturated heterocycles. The molecule has 0 spiro atoms. The van der Waals surface area contributed by atoms with Crippen LogP contribution in [0.5, 0.6) is 0 Å². The average Bonchev–Trinajstić information content (AvgIpc) is 2.17. The maximum atomic E-state index is 8.55. The summed E-state index contributed by atoms with van der Waals surface area (Å²) in [6.07, 6.45) is 3.04. The molecule has 0 atom stereocenters. The van der Waals surface area contributed by atoms with Crippen LogP contribution in [0.15, 0.2) is 0 Å². The monoisotopic (exact) mass is 210 g/mol. The third kappa shape index (κ3) is 8.60. The van der Waals surface area contributed by atoms with Gasteiger partial charge in [-0.3, -0.25) is 0 Å². The lowest BCUT2D eigenvalue weighted by molar-refractivity contribution is 0.164. The van der Waals surface area contributed by atoms with E-state index >= 15 is 0 Å². The summed E-state index contributed by atoms with van der Waals surface area (Å²) in [7, 11) is -0.898. The lowest BCUT2D eigenvalue weighted by atomic mass is 10.4. The van der Waals surface area contributed by atoms with Crippen LogP contribution in [0.2, 0.25) is 0 Å². The zero-order valence-electron chi connectivity index (χ0n) is 8.11. The molecule has 5 heteroatoms. The Kier molecular flexibility index (Phi) is 10.6. The van der Waals surface area contributed by atoms with Crippen LogP contribution in [0, 0.1) is 0 Å². The topological polar surface area (TPSA) is 58.9 Å². The summed E-state index contributed by atoms with van der Waals surface area (Å²) in [4.78, 5) is 0. The second kappa shape index (κ2) is 10.4. The van der Waals surface area contributed by atoms with Gasteiger partial charge in [0.25, 0.3) is 0 Å². The fourth-order valence-electron chi connectivity index (χ4n) is 0.739. The Labute approximate surface area is 80.8 Å². The van der Waals surface area contributed by atoms with Crippen LogP contribution in [-0.4, -0.2) is 42.8 Å². The molecule has 0 aliphatic carbocycles. The summed E-state index contributed by atoms with van der Waals surface area (Å²) in [5.74, 6) is 0. The van der Waals surface area contributed by atoms with Crippen molar-refractivity contribution in [2.45, 2.75) is 19.8 Å². The third-order valence-electron chi connectivity index (χ3n) is 1.35. The van der Waals surface area contributed by atoms with Crippen LogP contribution in [0.25, 0.3) is 0 Å². The Balaban J connectivity index is 3.47. The van der Waals surface area contributed by atoms with Crippen LogP contribution >= 0.6 is 8.38 Å². The number of hydrogen-bond acceptors (Lipinski definition) is 4. The first-order chi connectivity index (χ1) is 6.35. The van der Waals surface area contributed by atoms with Crippen LogP contribution < -0.4 is 0 Å². The van der Waals surface area contributed by atoms with Gasteiger partial charge in [-0.25, -0.2) is 0 Å². The van der Waals surface area contributed by atoms with E-state index in [1.165, 1.54) is 0 Å². The molecule has 0 unspecified atom stereocenters. The number of aliphatic hydroxyl groups is 2. The molecule has 2 N–H and O–H groups in total. The molecular weight excluding hydrogens is 191 g/mol. The van der Waals surface area contributed by atoms with Crippen molar-refractivity contribution in [2.75, 3.05) is 32.6 Å². The van der Waals surface area contributed by atoms with Crippen molar-refractivity contribution in [3.8, 4) is 0 Å². The van der Waals surface area contributed by atoms with Gasteiger partial charge in [-0.1, -0.05) is 13.3 Å². The van der Waals surface area contributed by atoms with E-state index in [4.69, 9.17) is 19.3 Å². The van der Waals surface area contributed by atoms with E-state index < -0.39 is 8.38 Å². The van der Waals surface area contributed by atoms with E-state index in [0.717, 1.165) is 19.0 Å². The lowest BCUT2D eigenvalue weighted by Gasteiger charge is -2.15. The first-order valence-corrected chi connectivity index (χ1v) is 5.96. The van der Waals surface area contributed by atoms with E-state index in [1.54, 1.807) is 0 Å². The van der Waals surface area contributed by atoms with E-state index in [2.05, 4.69) is 6.92 Å². The number of aliphatic hydroxyl groups excluding tert-OH is 2. The van der Waals surface area contributed by atoms with Crippen LogP contribution in [0.4, 0.5) is 0 Å². The molecule has 80 valence electrons. The first kappa shape index (κ1) is 13.3. The van der Waals surface area contributed by atoms with Crippen molar-refractivity contribution in [1.82, 2.24) is 0 Å². The van der Waals surface area contributed by atoms with E-state index in [-0.39, 0.29) is 13.2 Å². The SMILES string of the molecule is CCCCP(OCCO)OCCO. The minimum atomic E-state index is -0.898. The van der Waals surface area contributed by atoms with Gasteiger partial charge in [0, 0.05) is 6.16 Å². The van der Waals surface area contributed by atoms with Crippen LogP contribution in [0.1, 0.15) is 19.8 Å². The number of hydrogen-bond donors (Lipinski definition) is 2. The summed E-state index contributed by atoms with van der Waals surface area (Å²) in [6, 6.07) is 0. The second-order valence-electron chi connectivity index (χ2n) is 2.52. The Morgan fingerprint density at radius 1 is 1.08 bits per heavy atom.